The van der Waals surface area contributed by atoms with Crippen molar-refractivity contribution in [3.63, 3.8) is 0 Å². The Hall–Kier alpha value is -2.62. The summed E-state index contributed by atoms with van der Waals surface area (Å²) in [6.07, 6.45) is 7.76. The first-order chi connectivity index (χ1) is 12.0. The third kappa shape index (κ3) is 4.27. The van der Waals surface area contributed by atoms with Gasteiger partial charge >= 0.3 is 5.97 Å². The molecule has 0 saturated carbocycles. The fraction of sp³-hybridized carbons (Fsp3) is 0.556. The number of carbonyl (C=O) groups is 2. The fourth-order valence-corrected chi connectivity index (χ4v) is 2.85. The van der Waals surface area contributed by atoms with Gasteiger partial charge in [-0.1, -0.05) is 6.92 Å². The SMILES string of the molecule is C#CCCC1(CCNC(=O)c2c(C)[nH]c(C(=O)OCC)c2CC)N=N1. The summed E-state index contributed by atoms with van der Waals surface area (Å²) in [6.45, 7) is 6.15. The zero-order chi connectivity index (χ0) is 18.4. The number of esters is 1. The molecule has 25 heavy (non-hydrogen) atoms. The Kier molecular flexibility index (Phi) is 5.97. The van der Waals surface area contributed by atoms with Crippen LogP contribution in [-0.2, 0) is 11.2 Å². The lowest BCUT2D eigenvalue weighted by Crippen LogP contribution is -2.29. The number of nitrogens with zero attached hydrogens (tertiary/aromatic N) is 2. The second kappa shape index (κ2) is 7.97. The van der Waals surface area contributed by atoms with Gasteiger partial charge in [0.25, 0.3) is 5.91 Å². The molecule has 0 radical (unpaired) electrons. The number of ether oxygens (including phenoxy) is 1. The van der Waals surface area contributed by atoms with Gasteiger partial charge in [-0.2, -0.15) is 10.2 Å². The van der Waals surface area contributed by atoms with E-state index in [1.165, 1.54) is 0 Å². The Morgan fingerprint density at radius 3 is 2.60 bits per heavy atom. The average Bonchev–Trinajstić information content (AvgIpc) is 3.27. The van der Waals surface area contributed by atoms with Crippen LogP contribution in [0.4, 0.5) is 0 Å². The molecular weight excluding hydrogens is 320 g/mol. The molecule has 0 bridgehead atoms. The van der Waals surface area contributed by atoms with Crippen LogP contribution in [0.5, 0.6) is 0 Å². The molecule has 0 spiro atoms. The minimum Gasteiger partial charge on any atom is -0.461 e. The van der Waals surface area contributed by atoms with Crippen molar-refractivity contribution in [1.29, 1.82) is 0 Å². The lowest BCUT2D eigenvalue weighted by atomic mass is 10.0. The number of H-pyrrole nitrogens is 1. The number of aromatic amines is 1. The summed E-state index contributed by atoms with van der Waals surface area (Å²) in [5.41, 5.74) is 1.77. The monoisotopic (exact) mass is 344 g/mol. The van der Waals surface area contributed by atoms with Gasteiger partial charge in [0.05, 0.1) is 12.2 Å². The van der Waals surface area contributed by atoms with Crippen molar-refractivity contribution in [2.45, 2.75) is 52.1 Å². The lowest BCUT2D eigenvalue weighted by Gasteiger charge is -2.11. The van der Waals surface area contributed by atoms with Crippen molar-refractivity contribution in [3.8, 4) is 12.3 Å². The quantitative estimate of drug-likeness (QED) is 0.532. The Morgan fingerprint density at radius 2 is 2.04 bits per heavy atom. The van der Waals surface area contributed by atoms with Crippen LogP contribution in [0.1, 0.15) is 65.2 Å². The van der Waals surface area contributed by atoms with Crippen molar-refractivity contribution in [2.75, 3.05) is 13.2 Å². The highest BCUT2D eigenvalue weighted by Gasteiger charge is 2.38. The summed E-state index contributed by atoms with van der Waals surface area (Å²) in [5, 5.41) is 11.0. The normalized spacial score (nSPS) is 14.0. The number of amides is 1. The van der Waals surface area contributed by atoms with Crippen molar-refractivity contribution in [2.24, 2.45) is 10.2 Å². The molecule has 7 nitrogen and oxygen atoms in total. The molecule has 134 valence electrons. The van der Waals surface area contributed by atoms with Crippen LogP contribution in [0.25, 0.3) is 0 Å². The van der Waals surface area contributed by atoms with E-state index in [4.69, 9.17) is 11.2 Å². The molecule has 1 aromatic heterocycles. The van der Waals surface area contributed by atoms with Crippen LogP contribution in [0.3, 0.4) is 0 Å². The van der Waals surface area contributed by atoms with E-state index in [0.717, 1.165) is 0 Å². The molecule has 0 aliphatic carbocycles. The highest BCUT2D eigenvalue weighted by molar-refractivity contribution is 6.01. The van der Waals surface area contributed by atoms with Crippen molar-refractivity contribution in [1.82, 2.24) is 10.3 Å². The minimum absolute atomic E-state index is 0.214. The van der Waals surface area contributed by atoms with Crippen LogP contribution < -0.4 is 5.32 Å². The van der Waals surface area contributed by atoms with Gasteiger partial charge in [-0.05, 0) is 25.8 Å². The van der Waals surface area contributed by atoms with Gasteiger partial charge in [-0.3, -0.25) is 4.79 Å². The molecule has 0 atom stereocenters. The zero-order valence-electron chi connectivity index (χ0n) is 14.9. The van der Waals surface area contributed by atoms with Gasteiger partial charge in [0.1, 0.15) is 5.69 Å². The van der Waals surface area contributed by atoms with E-state index in [-0.39, 0.29) is 12.5 Å². The number of hydrogen-bond acceptors (Lipinski definition) is 5. The van der Waals surface area contributed by atoms with E-state index in [2.05, 4.69) is 26.4 Å². The summed E-state index contributed by atoms with van der Waals surface area (Å²) in [6, 6.07) is 0. The molecule has 1 amide bonds. The molecule has 1 aromatic rings. The largest absolute Gasteiger partial charge is 0.461 e. The lowest BCUT2D eigenvalue weighted by molar-refractivity contribution is 0.0519. The van der Waals surface area contributed by atoms with Crippen molar-refractivity contribution < 1.29 is 14.3 Å². The average molecular weight is 344 g/mol. The number of carbonyl (C=O) groups excluding carboxylic acids is 2. The summed E-state index contributed by atoms with van der Waals surface area (Å²) < 4.78 is 5.05. The minimum atomic E-state index is -0.440. The Balaban J connectivity index is 2.02. The number of hydrogen-bond donors (Lipinski definition) is 2. The van der Waals surface area contributed by atoms with E-state index in [1.807, 2.05) is 6.92 Å². The molecule has 1 aliphatic rings. The second-order valence-electron chi connectivity index (χ2n) is 5.95. The number of rotatable bonds is 9. The smallest absolute Gasteiger partial charge is 0.355 e. The second-order valence-corrected chi connectivity index (χ2v) is 5.95. The van der Waals surface area contributed by atoms with E-state index in [1.54, 1.807) is 13.8 Å². The predicted molar refractivity (Wildman–Crippen MR) is 93.5 cm³/mol. The summed E-state index contributed by atoms with van der Waals surface area (Å²) in [5.74, 6) is 1.93. The van der Waals surface area contributed by atoms with Crippen LogP contribution in [0, 0.1) is 19.3 Å². The molecule has 2 rings (SSSR count). The van der Waals surface area contributed by atoms with E-state index < -0.39 is 11.6 Å². The molecule has 0 aromatic carbocycles. The van der Waals surface area contributed by atoms with E-state index in [9.17, 15) is 9.59 Å². The highest BCUT2D eigenvalue weighted by Crippen LogP contribution is 2.36. The topological polar surface area (TPSA) is 95.9 Å². The third-order valence-corrected chi connectivity index (χ3v) is 4.21. The van der Waals surface area contributed by atoms with E-state index in [0.29, 0.717) is 54.7 Å². The maximum absolute atomic E-state index is 12.6. The standard InChI is InChI=1S/C18H24N4O3/c1-5-8-9-18(21-22-18)10-11-19-16(23)14-12(4)20-15(13(14)6-2)17(24)25-7-3/h1,20H,6-11H2,2-4H3,(H,19,23). The molecule has 7 heteroatoms. The summed E-state index contributed by atoms with van der Waals surface area (Å²) in [7, 11) is 0. The van der Waals surface area contributed by atoms with Crippen LogP contribution in [0.2, 0.25) is 0 Å². The molecule has 0 fully saturated rings. The van der Waals surface area contributed by atoms with Crippen molar-refractivity contribution in [3.05, 3.63) is 22.5 Å². The number of terminal acetylenes is 1. The molecule has 0 saturated heterocycles. The molecular formula is C18H24N4O3. The summed E-state index contributed by atoms with van der Waals surface area (Å²) >= 11 is 0. The maximum atomic E-state index is 12.6. The first-order valence-corrected chi connectivity index (χ1v) is 8.52. The molecule has 2 N–H and O–H groups in total. The van der Waals surface area contributed by atoms with Gasteiger partial charge < -0.3 is 15.0 Å². The van der Waals surface area contributed by atoms with Crippen LogP contribution in [-0.4, -0.2) is 35.7 Å². The van der Waals surface area contributed by atoms with Gasteiger partial charge in [0, 0.05) is 31.5 Å². The maximum Gasteiger partial charge on any atom is 0.355 e. The van der Waals surface area contributed by atoms with Crippen LogP contribution in [0.15, 0.2) is 10.2 Å². The molecule has 0 unspecified atom stereocenters. The van der Waals surface area contributed by atoms with Crippen LogP contribution >= 0.6 is 0 Å². The zero-order valence-corrected chi connectivity index (χ0v) is 14.9. The third-order valence-electron chi connectivity index (χ3n) is 4.21. The van der Waals surface area contributed by atoms with Gasteiger partial charge in [-0.25, -0.2) is 4.79 Å². The van der Waals surface area contributed by atoms with Gasteiger partial charge in [0.15, 0.2) is 5.66 Å². The van der Waals surface area contributed by atoms with Gasteiger partial charge in [-0.15, -0.1) is 12.3 Å². The van der Waals surface area contributed by atoms with Crippen molar-refractivity contribution >= 4 is 11.9 Å². The number of nitrogens with one attached hydrogen (secondary N) is 2. The first kappa shape index (κ1) is 18.7. The number of aryl methyl sites for hydroxylation is 1. The Morgan fingerprint density at radius 1 is 1.32 bits per heavy atom. The fourth-order valence-electron chi connectivity index (χ4n) is 2.85. The Bertz CT molecular complexity index is 721. The van der Waals surface area contributed by atoms with E-state index >= 15 is 0 Å². The Labute approximate surface area is 147 Å². The molecule has 2 heterocycles. The number of aromatic nitrogens is 1. The van der Waals surface area contributed by atoms with Gasteiger partial charge in [0.2, 0.25) is 0 Å². The molecule has 1 aliphatic heterocycles. The predicted octanol–water partition coefficient (Wildman–Crippen LogP) is 2.76. The highest BCUT2D eigenvalue weighted by atomic mass is 16.5. The first-order valence-electron chi connectivity index (χ1n) is 8.52. The summed E-state index contributed by atoms with van der Waals surface area (Å²) in [4.78, 5) is 27.6.